The van der Waals surface area contributed by atoms with Crippen LogP contribution in [0, 0.1) is 6.92 Å². The van der Waals surface area contributed by atoms with Crippen LogP contribution in [-0.4, -0.2) is 23.0 Å². The first-order valence-corrected chi connectivity index (χ1v) is 8.15. The first kappa shape index (κ1) is 17.2. The van der Waals surface area contributed by atoms with Gasteiger partial charge in [-0.15, -0.1) is 0 Å². The summed E-state index contributed by atoms with van der Waals surface area (Å²) in [5.74, 6) is 1.24. The highest BCUT2D eigenvalue weighted by Crippen LogP contribution is 2.22. The van der Waals surface area contributed by atoms with Crippen LogP contribution in [-0.2, 0) is 0 Å². The van der Waals surface area contributed by atoms with E-state index in [2.05, 4.69) is 31.2 Å². The summed E-state index contributed by atoms with van der Waals surface area (Å²) in [6.45, 7) is 1.93. The van der Waals surface area contributed by atoms with Crippen molar-refractivity contribution >= 4 is 34.9 Å². The molecule has 0 aliphatic carbocycles. The lowest BCUT2D eigenvalue weighted by Gasteiger charge is -2.12. The van der Waals surface area contributed by atoms with Crippen LogP contribution in [0.4, 0.5) is 33.6 Å². The van der Waals surface area contributed by atoms with E-state index in [1.54, 1.807) is 13.2 Å². The molecule has 7 heteroatoms. The van der Waals surface area contributed by atoms with Gasteiger partial charge in [-0.05, 0) is 37.3 Å². The zero-order valence-corrected chi connectivity index (χ0v) is 14.6. The Labute approximate surface area is 151 Å². The lowest BCUT2D eigenvalue weighted by atomic mass is 10.2. The molecule has 3 aromatic rings. The fourth-order valence-electron chi connectivity index (χ4n) is 2.32. The molecule has 0 aliphatic rings. The minimum atomic E-state index is -0.302. The predicted molar refractivity (Wildman–Crippen MR) is 105 cm³/mol. The van der Waals surface area contributed by atoms with Crippen molar-refractivity contribution in [3.05, 3.63) is 66.4 Å². The molecule has 2 amide bonds. The zero-order valence-electron chi connectivity index (χ0n) is 14.6. The quantitative estimate of drug-likeness (QED) is 0.554. The van der Waals surface area contributed by atoms with Gasteiger partial charge in [0, 0.05) is 35.9 Å². The van der Waals surface area contributed by atoms with Gasteiger partial charge in [-0.25, -0.2) is 9.78 Å². The minimum Gasteiger partial charge on any atom is -0.357 e. The summed E-state index contributed by atoms with van der Waals surface area (Å²) in [4.78, 5) is 20.7. The van der Waals surface area contributed by atoms with E-state index in [0.717, 1.165) is 16.9 Å². The van der Waals surface area contributed by atoms with Crippen LogP contribution in [0.1, 0.15) is 5.56 Å². The molecule has 0 aliphatic heterocycles. The molecule has 0 bridgehead atoms. The van der Waals surface area contributed by atoms with E-state index in [9.17, 15) is 4.79 Å². The van der Waals surface area contributed by atoms with Crippen LogP contribution < -0.4 is 21.3 Å². The minimum absolute atomic E-state index is 0.302. The van der Waals surface area contributed by atoms with Crippen molar-refractivity contribution in [3.8, 4) is 0 Å². The highest BCUT2D eigenvalue weighted by molar-refractivity contribution is 6.00. The molecule has 4 N–H and O–H groups in total. The van der Waals surface area contributed by atoms with Gasteiger partial charge in [0.2, 0.25) is 5.95 Å². The molecule has 0 radical (unpaired) electrons. The second kappa shape index (κ2) is 7.98. The third-order valence-corrected chi connectivity index (χ3v) is 3.61. The van der Waals surface area contributed by atoms with E-state index in [1.807, 2.05) is 61.5 Å². The first-order valence-electron chi connectivity index (χ1n) is 8.15. The molecule has 7 nitrogen and oxygen atoms in total. The second-order valence-corrected chi connectivity index (χ2v) is 5.63. The van der Waals surface area contributed by atoms with Crippen molar-refractivity contribution in [1.82, 2.24) is 9.97 Å². The van der Waals surface area contributed by atoms with Crippen molar-refractivity contribution in [2.24, 2.45) is 0 Å². The van der Waals surface area contributed by atoms with Crippen molar-refractivity contribution < 1.29 is 4.79 Å². The van der Waals surface area contributed by atoms with E-state index >= 15 is 0 Å². The number of carbonyl (C=O) groups is 1. The molecule has 26 heavy (non-hydrogen) atoms. The van der Waals surface area contributed by atoms with Gasteiger partial charge < -0.3 is 21.3 Å². The third kappa shape index (κ3) is 4.47. The van der Waals surface area contributed by atoms with Gasteiger partial charge in [-0.1, -0.05) is 24.3 Å². The van der Waals surface area contributed by atoms with E-state index in [-0.39, 0.29) is 6.03 Å². The van der Waals surface area contributed by atoms with Crippen molar-refractivity contribution in [3.63, 3.8) is 0 Å². The monoisotopic (exact) mass is 348 g/mol. The first-order chi connectivity index (χ1) is 12.6. The Hall–Kier alpha value is -3.61. The number of rotatable bonds is 5. The maximum atomic E-state index is 12.1. The van der Waals surface area contributed by atoms with Gasteiger partial charge in [-0.2, -0.15) is 4.98 Å². The lowest BCUT2D eigenvalue weighted by Crippen LogP contribution is -2.19. The molecular formula is C19H20N6O. The van der Waals surface area contributed by atoms with Gasteiger partial charge in [0.25, 0.3) is 0 Å². The molecular weight excluding hydrogens is 328 g/mol. The molecule has 3 rings (SSSR count). The predicted octanol–water partition coefficient (Wildman–Crippen LogP) is 4.21. The molecule has 1 aromatic heterocycles. The summed E-state index contributed by atoms with van der Waals surface area (Å²) in [5, 5.41) is 11.8. The van der Waals surface area contributed by atoms with E-state index < -0.39 is 0 Å². The second-order valence-electron chi connectivity index (χ2n) is 5.63. The number of carbonyl (C=O) groups excluding carboxylic acids is 1. The summed E-state index contributed by atoms with van der Waals surface area (Å²) in [6.07, 6.45) is 1.75. The van der Waals surface area contributed by atoms with Gasteiger partial charge in [0.05, 0.1) is 0 Å². The SMILES string of the molecule is CNc1ncc(C)c(Nc2cccc(NC(=O)Nc3ccccc3)c2)n1. The zero-order chi connectivity index (χ0) is 18.4. The summed E-state index contributed by atoms with van der Waals surface area (Å²) in [6, 6.07) is 16.4. The lowest BCUT2D eigenvalue weighted by molar-refractivity contribution is 0.262. The van der Waals surface area contributed by atoms with Gasteiger partial charge in [0.1, 0.15) is 5.82 Å². The number of nitrogens with zero attached hydrogens (tertiary/aromatic N) is 2. The Morgan fingerprint density at radius 1 is 0.923 bits per heavy atom. The number of hydrogen-bond acceptors (Lipinski definition) is 5. The topological polar surface area (TPSA) is 91.0 Å². The summed E-state index contributed by atoms with van der Waals surface area (Å²) in [7, 11) is 1.77. The maximum Gasteiger partial charge on any atom is 0.323 e. The highest BCUT2D eigenvalue weighted by Gasteiger charge is 2.06. The standard InChI is InChI=1S/C19H20N6O/c1-13-12-21-18(20-2)25-17(13)22-15-9-6-10-16(11-15)24-19(26)23-14-7-4-3-5-8-14/h3-12H,1-2H3,(H2,23,24,26)(H2,20,21,22,25). The van der Waals surface area contributed by atoms with E-state index in [0.29, 0.717) is 17.5 Å². The van der Waals surface area contributed by atoms with Crippen LogP contribution in [0.5, 0.6) is 0 Å². The van der Waals surface area contributed by atoms with Crippen molar-refractivity contribution in [1.29, 1.82) is 0 Å². The maximum absolute atomic E-state index is 12.1. The molecule has 1 heterocycles. The molecule has 0 saturated heterocycles. The number of aryl methyl sites for hydroxylation is 1. The molecule has 0 fully saturated rings. The molecule has 0 atom stereocenters. The van der Waals surface area contributed by atoms with Crippen LogP contribution in [0.3, 0.4) is 0 Å². The van der Waals surface area contributed by atoms with Crippen molar-refractivity contribution in [2.75, 3.05) is 28.3 Å². The Morgan fingerprint density at radius 3 is 2.38 bits per heavy atom. The van der Waals surface area contributed by atoms with Gasteiger partial charge in [-0.3, -0.25) is 0 Å². The highest BCUT2D eigenvalue weighted by atomic mass is 16.2. The van der Waals surface area contributed by atoms with Crippen LogP contribution >= 0.6 is 0 Å². The Morgan fingerprint density at radius 2 is 1.62 bits per heavy atom. The number of para-hydroxylation sites is 1. The molecule has 0 unspecified atom stereocenters. The van der Waals surface area contributed by atoms with E-state index in [4.69, 9.17) is 0 Å². The Bertz CT molecular complexity index is 898. The Balaban J connectivity index is 1.69. The number of hydrogen-bond donors (Lipinski definition) is 4. The van der Waals surface area contributed by atoms with Crippen LogP contribution in [0.15, 0.2) is 60.8 Å². The number of aromatic nitrogens is 2. The molecule has 0 spiro atoms. The van der Waals surface area contributed by atoms with Crippen LogP contribution in [0.25, 0.3) is 0 Å². The largest absolute Gasteiger partial charge is 0.357 e. The number of nitrogens with one attached hydrogen (secondary N) is 4. The number of urea groups is 1. The number of amides is 2. The molecule has 0 saturated carbocycles. The van der Waals surface area contributed by atoms with Gasteiger partial charge >= 0.3 is 6.03 Å². The summed E-state index contributed by atoms with van der Waals surface area (Å²) in [5.41, 5.74) is 3.13. The fraction of sp³-hybridized carbons (Fsp3) is 0.105. The number of benzene rings is 2. The van der Waals surface area contributed by atoms with Crippen molar-refractivity contribution in [2.45, 2.75) is 6.92 Å². The van der Waals surface area contributed by atoms with Gasteiger partial charge in [0.15, 0.2) is 0 Å². The van der Waals surface area contributed by atoms with Crippen LogP contribution in [0.2, 0.25) is 0 Å². The average molecular weight is 348 g/mol. The molecule has 132 valence electrons. The Kier molecular flexibility index (Phi) is 5.28. The smallest absolute Gasteiger partial charge is 0.323 e. The van der Waals surface area contributed by atoms with E-state index in [1.165, 1.54) is 0 Å². The molecule has 2 aromatic carbocycles. The number of anilines is 5. The third-order valence-electron chi connectivity index (χ3n) is 3.61. The average Bonchev–Trinajstić information content (AvgIpc) is 2.64. The normalized spacial score (nSPS) is 10.1. The summed E-state index contributed by atoms with van der Waals surface area (Å²) < 4.78 is 0. The fourth-order valence-corrected chi connectivity index (χ4v) is 2.32. The summed E-state index contributed by atoms with van der Waals surface area (Å²) >= 11 is 0.